The Labute approximate surface area is 198 Å². The number of benzene rings is 3. The monoisotopic (exact) mass is 481 g/mol. The van der Waals surface area contributed by atoms with Gasteiger partial charge in [0.1, 0.15) is 5.82 Å². The minimum absolute atomic E-state index is 0.102. The Morgan fingerprint density at radius 2 is 1.83 bits per heavy atom. The first-order valence-corrected chi connectivity index (χ1v) is 10.7. The standard InChI is InChI=1S/C26H19F4N3O2/c27-18-6-1-14(2-7-18)24(33-19-8-3-17(13-31)22(12-19)26(28,29)30)21-10-4-15-11-16(25(34)35)5-9-20(15)23(21)32/h1-3,5-9,11-12,21,24,32-33H,4,10H2,(H,34,35). The molecule has 0 heterocycles. The van der Waals surface area contributed by atoms with E-state index in [4.69, 9.17) is 10.7 Å². The van der Waals surface area contributed by atoms with Crippen molar-refractivity contribution in [2.24, 2.45) is 5.92 Å². The van der Waals surface area contributed by atoms with Gasteiger partial charge in [0.2, 0.25) is 0 Å². The molecule has 4 rings (SSSR count). The normalized spacial score (nSPS) is 16.2. The summed E-state index contributed by atoms with van der Waals surface area (Å²) in [6.45, 7) is 0. The minimum atomic E-state index is -4.73. The van der Waals surface area contributed by atoms with E-state index in [2.05, 4.69) is 5.32 Å². The Bertz CT molecular complexity index is 1340. The van der Waals surface area contributed by atoms with Crippen molar-refractivity contribution in [2.75, 3.05) is 5.32 Å². The maximum Gasteiger partial charge on any atom is 0.417 e. The summed E-state index contributed by atoms with van der Waals surface area (Å²) in [6.07, 6.45) is -3.84. The first-order valence-electron chi connectivity index (χ1n) is 10.7. The molecule has 9 heteroatoms. The van der Waals surface area contributed by atoms with Crippen LogP contribution in [0.25, 0.3) is 0 Å². The van der Waals surface area contributed by atoms with Gasteiger partial charge in [-0.1, -0.05) is 18.2 Å². The van der Waals surface area contributed by atoms with E-state index in [0.29, 0.717) is 29.5 Å². The number of rotatable bonds is 5. The van der Waals surface area contributed by atoms with Crippen LogP contribution in [-0.2, 0) is 12.6 Å². The lowest BCUT2D eigenvalue weighted by Gasteiger charge is -2.34. The Balaban J connectivity index is 1.74. The number of nitrogens with one attached hydrogen (secondary N) is 2. The highest BCUT2D eigenvalue weighted by atomic mass is 19.4. The highest BCUT2D eigenvalue weighted by Crippen LogP contribution is 2.39. The molecule has 3 N–H and O–H groups in total. The van der Waals surface area contributed by atoms with E-state index in [1.165, 1.54) is 42.5 Å². The first-order chi connectivity index (χ1) is 16.6. The minimum Gasteiger partial charge on any atom is -0.478 e. The maximum absolute atomic E-state index is 13.6. The molecule has 178 valence electrons. The highest BCUT2D eigenvalue weighted by molar-refractivity contribution is 6.03. The molecule has 0 saturated heterocycles. The van der Waals surface area contributed by atoms with Crippen LogP contribution in [0, 0.1) is 28.5 Å². The summed E-state index contributed by atoms with van der Waals surface area (Å²) in [7, 11) is 0. The molecule has 2 atom stereocenters. The fourth-order valence-corrected chi connectivity index (χ4v) is 4.42. The number of carbonyl (C=O) groups is 1. The zero-order valence-corrected chi connectivity index (χ0v) is 18.2. The van der Waals surface area contributed by atoms with Gasteiger partial charge in [0.15, 0.2) is 0 Å². The highest BCUT2D eigenvalue weighted by Gasteiger charge is 2.35. The van der Waals surface area contributed by atoms with Gasteiger partial charge in [-0.25, -0.2) is 9.18 Å². The average Bonchev–Trinajstić information content (AvgIpc) is 2.83. The molecule has 0 aromatic heterocycles. The fourth-order valence-electron chi connectivity index (χ4n) is 4.42. The molecule has 3 aromatic rings. The number of halogens is 4. The zero-order valence-electron chi connectivity index (χ0n) is 18.2. The number of nitrogens with zero attached hydrogens (tertiary/aromatic N) is 1. The van der Waals surface area contributed by atoms with Crippen molar-refractivity contribution in [3.8, 4) is 6.07 Å². The van der Waals surface area contributed by atoms with Gasteiger partial charge >= 0.3 is 12.1 Å². The van der Waals surface area contributed by atoms with Crippen molar-refractivity contribution in [3.05, 3.63) is 99.9 Å². The van der Waals surface area contributed by atoms with Crippen molar-refractivity contribution >= 4 is 17.4 Å². The summed E-state index contributed by atoms with van der Waals surface area (Å²) < 4.78 is 54.1. The topological polar surface area (TPSA) is 97.0 Å². The van der Waals surface area contributed by atoms with Crippen molar-refractivity contribution < 1.29 is 27.5 Å². The van der Waals surface area contributed by atoms with Gasteiger partial charge in [-0.3, -0.25) is 0 Å². The third-order valence-electron chi connectivity index (χ3n) is 6.14. The number of hydrogen-bond acceptors (Lipinski definition) is 4. The Kier molecular flexibility index (Phi) is 6.31. The zero-order chi connectivity index (χ0) is 25.3. The summed E-state index contributed by atoms with van der Waals surface area (Å²) in [5.74, 6) is -2.04. The lowest BCUT2D eigenvalue weighted by atomic mass is 9.76. The van der Waals surface area contributed by atoms with Gasteiger partial charge in [0.25, 0.3) is 0 Å². The van der Waals surface area contributed by atoms with E-state index in [0.717, 1.165) is 12.1 Å². The fraction of sp³-hybridized carbons (Fsp3) is 0.192. The molecule has 2 unspecified atom stereocenters. The second-order valence-corrected chi connectivity index (χ2v) is 8.28. The average molecular weight is 481 g/mol. The number of carboxylic acids is 1. The third-order valence-corrected chi connectivity index (χ3v) is 6.14. The SMILES string of the molecule is N#Cc1ccc(NC(c2ccc(F)cc2)C2CCc3cc(C(=O)O)ccc3C2=N)cc1C(F)(F)F. The lowest BCUT2D eigenvalue weighted by Crippen LogP contribution is -2.32. The van der Waals surface area contributed by atoms with E-state index in [9.17, 15) is 27.5 Å². The quantitative estimate of drug-likeness (QED) is 0.378. The van der Waals surface area contributed by atoms with Crippen molar-refractivity contribution in [3.63, 3.8) is 0 Å². The number of anilines is 1. The number of fused-ring (bicyclic) bond motifs is 1. The predicted molar refractivity (Wildman–Crippen MR) is 121 cm³/mol. The van der Waals surface area contributed by atoms with Crippen LogP contribution in [-0.4, -0.2) is 16.8 Å². The maximum atomic E-state index is 13.6. The van der Waals surface area contributed by atoms with Gasteiger partial charge in [0.05, 0.1) is 28.8 Å². The van der Waals surface area contributed by atoms with Crippen LogP contribution < -0.4 is 5.32 Å². The Morgan fingerprint density at radius 3 is 2.46 bits per heavy atom. The molecule has 1 aliphatic rings. The summed E-state index contributed by atoms with van der Waals surface area (Å²) >= 11 is 0. The molecule has 1 aliphatic carbocycles. The van der Waals surface area contributed by atoms with Crippen LogP contribution in [0.15, 0.2) is 60.7 Å². The smallest absolute Gasteiger partial charge is 0.417 e. The van der Waals surface area contributed by atoms with Gasteiger partial charge in [-0.2, -0.15) is 18.4 Å². The second kappa shape index (κ2) is 9.22. The number of carboxylic acid groups (broad SMARTS) is 1. The Morgan fingerprint density at radius 1 is 1.11 bits per heavy atom. The molecular formula is C26H19F4N3O2. The van der Waals surface area contributed by atoms with Gasteiger partial charge < -0.3 is 15.8 Å². The van der Waals surface area contributed by atoms with Crippen LogP contribution in [0.4, 0.5) is 23.2 Å². The number of alkyl halides is 3. The molecule has 0 radical (unpaired) electrons. The molecule has 0 spiro atoms. The molecule has 3 aromatic carbocycles. The lowest BCUT2D eigenvalue weighted by molar-refractivity contribution is -0.137. The van der Waals surface area contributed by atoms with E-state index in [1.807, 2.05) is 0 Å². The molecule has 0 bridgehead atoms. The molecule has 5 nitrogen and oxygen atoms in total. The Hall–Kier alpha value is -4.19. The van der Waals surface area contributed by atoms with Crippen molar-refractivity contribution in [1.29, 1.82) is 10.7 Å². The molecule has 0 fully saturated rings. The van der Waals surface area contributed by atoms with E-state index in [-0.39, 0.29) is 17.0 Å². The molecule has 0 aliphatic heterocycles. The van der Waals surface area contributed by atoms with Gasteiger partial charge in [-0.15, -0.1) is 0 Å². The van der Waals surface area contributed by atoms with E-state index >= 15 is 0 Å². The van der Waals surface area contributed by atoms with E-state index in [1.54, 1.807) is 12.1 Å². The first kappa shape index (κ1) is 24.0. The van der Waals surface area contributed by atoms with Gasteiger partial charge in [-0.05, 0) is 72.0 Å². The van der Waals surface area contributed by atoms with Crippen molar-refractivity contribution in [2.45, 2.75) is 25.1 Å². The molecule has 0 saturated carbocycles. The van der Waals surface area contributed by atoms with Crippen LogP contribution in [0.2, 0.25) is 0 Å². The van der Waals surface area contributed by atoms with Crippen LogP contribution in [0.1, 0.15) is 50.6 Å². The summed E-state index contributed by atoms with van der Waals surface area (Å²) in [5, 5.41) is 30.2. The van der Waals surface area contributed by atoms with Crippen LogP contribution in [0.5, 0.6) is 0 Å². The second-order valence-electron chi connectivity index (χ2n) is 8.28. The van der Waals surface area contributed by atoms with Gasteiger partial charge in [0, 0.05) is 17.3 Å². The summed E-state index contributed by atoms with van der Waals surface area (Å²) in [5.41, 5.74) is 0.686. The molecular weight excluding hydrogens is 462 g/mol. The number of aromatic carboxylic acids is 1. The molecule has 0 amide bonds. The summed E-state index contributed by atoms with van der Waals surface area (Å²) in [4.78, 5) is 11.3. The van der Waals surface area contributed by atoms with Crippen LogP contribution in [0.3, 0.4) is 0 Å². The van der Waals surface area contributed by atoms with Crippen molar-refractivity contribution in [1.82, 2.24) is 0 Å². The predicted octanol–water partition coefficient (Wildman–Crippen LogP) is 6.20. The number of aryl methyl sites for hydroxylation is 1. The number of hydrogen-bond donors (Lipinski definition) is 3. The third kappa shape index (κ3) is 4.87. The summed E-state index contributed by atoms with van der Waals surface area (Å²) in [6, 6.07) is 14.2. The molecule has 35 heavy (non-hydrogen) atoms. The number of nitriles is 1. The largest absolute Gasteiger partial charge is 0.478 e. The van der Waals surface area contributed by atoms with E-state index < -0.39 is 41.0 Å². The van der Waals surface area contributed by atoms with Crippen LogP contribution >= 0.6 is 0 Å².